The van der Waals surface area contributed by atoms with Crippen LogP contribution in [0.2, 0.25) is 0 Å². The number of anilines is 1. The predicted octanol–water partition coefficient (Wildman–Crippen LogP) is 1.22. The first kappa shape index (κ1) is 17.9. The van der Waals surface area contributed by atoms with Crippen LogP contribution in [0.25, 0.3) is 0 Å². The van der Waals surface area contributed by atoms with E-state index >= 15 is 0 Å². The van der Waals surface area contributed by atoms with E-state index in [4.69, 9.17) is 5.73 Å². The smallest absolute Gasteiger partial charge is 0.325 e. The van der Waals surface area contributed by atoms with Crippen molar-refractivity contribution in [2.24, 2.45) is 11.7 Å². The zero-order chi connectivity index (χ0) is 18.9. The molecule has 0 unspecified atom stereocenters. The molecule has 8 heteroatoms. The fraction of sp³-hybridized carbons (Fsp3) is 0.444. The van der Waals surface area contributed by atoms with E-state index < -0.39 is 23.4 Å². The van der Waals surface area contributed by atoms with E-state index in [9.17, 15) is 19.2 Å². The van der Waals surface area contributed by atoms with E-state index in [1.165, 1.54) is 24.3 Å². The van der Waals surface area contributed by atoms with Crippen molar-refractivity contribution >= 4 is 29.4 Å². The normalized spacial score (nSPS) is 25.3. The van der Waals surface area contributed by atoms with Gasteiger partial charge in [0.25, 0.3) is 5.91 Å². The highest BCUT2D eigenvalue weighted by Crippen LogP contribution is 2.38. The van der Waals surface area contributed by atoms with Crippen molar-refractivity contribution in [3.05, 3.63) is 29.8 Å². The van der Waals surface area contributed by atoms with Gasteiger partial charge in [-0.25, -0.2) is 4.79 Å². The van der Waals surface area contributed by atoms with E-state index in [0.717, 1.165) is 24.2 Å². The maximum atomic E-state index is 12.8. The Morgan fingerprint density at radius 3 is 2.58 bits per heavy atom. The number of amides is 5. The van der Waals surface area contributed by atoms with Crippen LogP contribution in [0.5, 0.6) is 0 Å². The molecule has 1 aromatic rings. The van der Waals surface area contributed by atoms with Crippen molar-refractivity contribution in [1.82, 2.24) is 10.2 Å². The molecule has 1 aromatic carbocycles. The highest BCUT2D eigenvalue weighted by molar-refractivity contribution is 6.10. The van der Waals surface area contributed by atoms with E-state index in [1.54, 1.807) is 0 Å². The minimum Gasteiger partial charge on any atom is -0.366 e. The maximum absolute atomic E-state index is 12.8. The molecule has 1 heterocycles. The Labute approximate surface area is 151 Å². The van der Waals surface area contributed by atoms with Crippen LogP contribution in [-0.4, -0.2) is 40.7 Å². The van der Waals surface area contributed by atoms with Crippen molar-refractivity contribution in [1.29, 1.82) is 0 Å². The third kappa shape index (κ3) is 3.14. The molecule has 1 spiro atoms. The molecular weight excluding hydrogens is 336 g/mol. The molecule has 1 saturated heterocycles. The molecule has 8 nitrogen and oxygen atoms in total. The minimum atomic E-state index is -0.876. The summed E-state index contributed by atoms with van der Waals surface area (Å²) < 4.78 is 0. The Morgan fingerprint density at radius 1 is 1.27 bits per heavy atom. The standard InChI is InChI=1S/C18H22N4O4/c1-11-4-2-3-9-18(11)16(25)22(17(26)21-18)10-14(23)20-13-7-5-12(6-8-13)15(19)24/h5-8,11H,2-4,9-10H2,1H3,(H2,19,24)(H,20,23)(H,21,26)/t11-,18-/m1/s1. The number of nitrogens with zero attached hydrogens (tertiary/aromatic N) is 1. The van der Waals surface area contributed by atoms with Crippen LogP contribution >= 0.6 is 0 Å². The number of hydrogen-bond donors (Lipinski definition) is 3. The number of primary amides is 1. The van der Waals surface area contributed by atoms with Crippen LogP contribution in [0.15, 0.2) is 24.3 Å². The molecule has 0 bridgehead atoms. The van der Waals surface area contributed by atoms with Crippen LogP contribution in [0.3, 0.4) is 0 Å². The Balaban J connectivity index is 1.66. The highest BCUT2D eigenvalue weighted by atomic mass is 16.2. The summed E-state index contributed by atoms with van der Waals surface area (Å²) in [6, 6.07) is 5.53. The highest BCUT2D eigenvalue weighted by Gasteiger charge is 2.55. The number of nitrogens with one attached hydrogen (secondary N) is 2. The molecule has 0 aromatic heterocycles. The van der Waals surface area contributed by atoms with Gasteiger partial charge in [0, 0.05) is 11.3 Å². The summed E-state index contributed by atoms with van der Waals surface area (Å²) in [5, 5.41) is 5.43. The summed E-state index contributed by atoms with van der Waals surface area (Å²) in [6.45, 7) is 1.61. The maximum Gasteiger partial charge on any atom is 0.325 e. The Hall–Kier alpha value is -2.90. The van der Waals surface area contributed by atoms with Crippen molar-refractivity contribution < 1.29 is 19.2 Å². The Kier molecular flexibility index (Phi) is 4.67. The van der Waals surface area contributed by atoms with Crippen LogP contribution in [0, 0.1) is 5.92 Å². The van der Waals surface area contributed by atoms with Gasteiger partial charge >= 0.3 is 6.03 Å². The van der Waals surface area contributed by atoms with E-state index in [1.807, 2.05) is 6.92 Å². The zero-order valence-electron chi connectivity index (χ0n) is 14.6. The van der Waals surface area contributed by atoms with Crippen molar-refractivity contribution in [2.75, 3.05) is 11.9 Å². The van der Waals surface area contributed by atoms with E-state index in [2.05, 4.69) is 10.6 Å². The number of carbonyl (C=O) groups is 4. The van der Waals surface area contributed by atoms with Gasteiger partial charge in [0.05, 0.1) is 0 Å². The summed E-state index contributed by atoms with van der Waals surface area (Å²) in [7, 11) is 0. The average molecular weight is 358 g/mol. The summed E-state index contributed by atoms with van der Waals surface area (Å²) >= 11 is 0. The third-order valence-corrected chi connectivity index (χ3v) is 5.26. The zero-order valence-corrected chi connectivity index (χ0v) is 14.6. The molecule has 1 saturated carbocycles. The number of benzene rings is 1. The molecule has 5 amide bonds. The second-order valence-corrected chi connectivity index (χ2v) is 6.93. The summed E-state index contributed by atoms with van der Waals surface area (Å²) in [4.78, 5) is 49.4. The molecule has 26 heavy (non-hydrogen) atoms. The molecule has 138 valence electrons. The predicted molar refractivity (Wildman–Crippen MR) is 94.2 cm³/mol. The van der Waals surface area contributed by atoms with E-state index in [0.29, 0.717) is 17.7 Å². The lowest BCUT2D eigenvalue weighted by Crippen LogP contribution is -2.54. The molecule has 3 rings (SSSR count). The number of hydrogen-bond acceptors (Lipinski definition) is 4. The van der Waals surface area contributed by atoms with Gasteiger partial charge in [-0.3, -0.25) is 19.3 Å². The lowest BCUT2D eigenvalue weighted by molar-refractivity contribution is -0.136. The third-order valence-electron chi connectivity index (χ3n) is 5.26. The van der Waals surface area contributed by atoms with Crippen molar-refractivity contribution in [2.45, 2.75) is 38.1 Å². The largest absolute Gasteiger partial charge is 0.366 e. The average Bonchev–Trinajstić information content (AvgIpc) is 2.83. The molecule has 1 aliphatic heterocycles. The van der Waals surface area contributed by atoms with Crippen LogP contribution in [0.4, 0.5) is 10.5 Å². The van der Waals surface area contributed by atoms with Crippen molar-refractivity contribution in [3.8, 4) is 0 Å². The first-order chi connectivity index (χ1) is 12.3. The number of carbonyl (C=O) groups excluding carboxylic acids is 4. The fourth-order valence-corrected chi connectivity index (χ4v) is 3.70. The summed E-state index contributed by atoms with van der Waals surface area (Å²) in [6.07, 6.45) is 3.39. The summed E-state index contributed by atoms with van der Waals surface area (Å²) in [5.41, 5.74) is 5.07. The van der Waals surface area contributed by atoms with Crippen LogP contribution in [0.1, 0.15) is 43.0 Å². The van der Waals surface area contributed by atoms with E-state index in [-0.39, 0.29) is 18.4 Å². The van der Waals surface area contributed by atoms with Crippen LogP contribution < -0.4 is 16.4 Å². The Morgan fingerprint density at radius 2 is 1.96 bits per heavy atom. The molecular formula is C18H22N4O4. The van der Waals surface area contributed by atoms with Gasteiger partial charge in [-0.05, 0) is 43.0 Å². The van der Waals surface area contributed by atoms with Gasteiger partial charge in [-0.2, -0.15) is 0 Å². The second kappa shape index (κ2) is 6.78. The number of imide groups is 1. The molecule has 2 fully saturated rings. The number of rotatable bonds is 4. The van der Waals surface area contributed by atoms with Crippen molar-refractivity contribution in [3.63, 3.8) is 0 Å². The number of nitrogens with two attached hydrogens (primary N) is 1. The monoisotopic (exact) mass is 358 g/mol. The van der Waals surface area contributed by atoms with Gasteiger partial charge in [0.1, 0.15) is 12.1 Å². The molecule has 2 atom stereocenters. The second-order valence-electron chi connectivity index (χ2n) is 6.93. The van der Waals surface area contributed by atoms with Gasteiger partial charge < -0.3 is 16.4 Å². The SMILES string of the molecule is C[C@@H]1CCCC[C@@]12NC(=O)N(CC(=O)Nc1ccc(C(N)=O)cc1)C2=O. The topological polar surface area (TPSA) is 122 Å². The molecule has 4 N–H and O–H groups in total. The van der Waals surface area contributed by atoms with Gasteiger partial charge in [-0.15, -0.1) is 0 Å². The lowest BCUT2D eigenvalue weighted by atomic mass is 9.73. The number of urea groups is 1. The molecule has 1 aliphatic carbocycles. The fourth-order valence-electron chi connectivity index (χ4n) is 3.70. The molecule has 2 aliphatic rings. The van der Waals surface area contributed by atoms with Gasteiger partial charge in [-0.1, -0.05) is 19.8 Å². The quantitative estimate of drug-likeness (QED) is 0.701. The Bertz CT molecular complexity index is 761. The van der Waals surface area contributed by atoms with Gasteiger partial charge in [0.2, 0.25) is 11.8 Å². The minimum absolute atomic E-state index is 0.0436. The molecule has 0 radical (unpaired) electrons. The lowest BCUT2D eigenvalue weighted by Gasteiger charge is -2.36. The first-order valence-corrected chi connectivity index (χ1v) is 8.67. The van der Waals surface area contributed by atoms with Gasteiger partial charge in [0.15, 0.2) is 0 Å². The summed E-state index contributed by atoms with van der Waals surface area (Å²) in [5.74, 6) is -1.33. The van der Waals surface area contributed by atoms with Crippen LogP contribution in [-0.2, 0) is 9.59 Å². The first-order valence-electron chi connectivity index (χ1n) is 8.67.